The van der Waals surface area contributed by atoms with Gasteiger partial charge in [-0.1, -0.05) is 12.1 Å². The number of nitrogens with one attached hydrogen (secondary N) is 3. The first-order chi connectivity index (χ1) is 21.6. The van der Waals surface area contributed by atoms with Crippen molar-refractivity contribution in [1.29, 1.82) is 0 Å². The zero-order valence-electron chi connectivity index (χ0n) is 25.2. The first-order valence-electron chi connectivity index (χ1n) is 14.6. The average Bonchev–Trinajstić information content (AvgIpc) is 3.19. The highest BCUT2D eigenvalue weighted by Crippen LogP contribution is 2.39. The fourth-order valence-electron chi connectivity index (χ4n) is 5.51. The lowest BCUT2D eigenvalue weighted by Crippen LogP contribution is -2.36. The van der Waals surface area contributed by atoms with Gasteiger partial charge >= 0.3 is 5.69 Å². The number of carbonyl (C=O) groups excluding carboxylic acids is 2. The number of benzene rings is 4. The van der Waals surface area contributed by atoms with Crippen molar-refractivity contribution in [2.45, 2.75) is 19.3 Å². The molecule has 0 saturated carbocycles. The number of rotatable bonds is 7. The lowest BCUT2D eigenvalue weighted by atomic mass is 9.83. The summed E-state index contributed by atoms with van der Waals surface area (Å²) in [5.74, 6) is -0.315. The van der Waals surface area contributed by atoms with E-state index in [9.17, 15) is 19.7 Å². The van der Waals surface area contributed by atoms with E-state index in [-0.39, 0.29) is 23.3 Å². The van der Waals surface area contributed by atoms with Crippen molar-refractivity contribution in [2.24, 2.45) is 0 Å². The molecule has 0 atom stereocenters. The minimum absolute atomic E-state index is 0.133. The second-order valence-corrected chi connectivity index (χ2v) is 11.5. The van der Waals surface area contributed by atoms with E-state index >= 15 is 0 Å². The van der Waals surface area contributed by atoms with Gasteiger partial charge < -0.3 is 30.3 Å². The first kappa shape index (κ1) is 29.6. The number of morpholine rings is 1. The van der Waals surface area contributed by atoms with Gasteiger partial charge in [0.05, 0.1) is 53.3 Å². The van der Waals surface area contributed by atoms with E-state index in [0.29, 0.717) is 47.1 Å². The van der Waals surface area contributed by atoms with Gasteiger partial charge in [0, 0.05) is 30.5 Å². The lowest BCUT2D eigenvalue weighted by molar-refractivity contribution is -0.385. The van der Waals surface area contributed by atoms with Gasteiger partial charge in [-0.05, 0) is 91.2 Å². The van der Waals surface area contributed by atoms with Gasteiger partial charge in [-0.2, -0.15) is 0 Å². The summed E-state index contributed by atoms with van der Waals surface area (Å²) in [6.45, 7) is 6.79. The molecule has 2 aliphatic rings. The van der Waals surface area contributed by atoms with E-state index in [2.05, 4.69) is 20.9 Å². The summed E-state index contributed by atoms with van der Waals surface area (Å²) in [7, 11) is 1.38. The predicted molar refractivity (Wildman–Crippen MR) is 174 cm³/mol. The van der Waals surface area contributed by atoms with Crippen LogP contribution in [-0.4, -0.2) is 50.2 Å². The smallest absolute Gasteiger partial charge is 0.310 e. The Bertz CT molecular complexity index is 1800. The van der Waals surface area contributed by atoms with E-state index in [0.717, 1.165) is 29.9 Å². The summed E-state index contributed by atoms with van der Waals surface area (Å²) in [5, 5.41) is 20.7. The number of nitro benzene ring substituents is 1. The number of methoxy groups -OCH3 is 1. The summed E-state index contributed by atoms with van der Waals surface area (Å²) in [4.78, 5) is 39.8. The van der Waals surface area contributed by atoms with Gasteiger partial charge in [0.25, 0.3) is 5.91 Å². The Morgan fingerprint density at radius 2 is 1.62 bits per heavy atom. The van der Waals surface area contributed by atoms with Crippen molar-refractivity contribution in [3.05, 3.63) is 100 Å². The molecular weight excluding hydrogens is 574 g/mol. The number of amides is 2. The van der Waals surface area contributed by atoms with Crippen LogP contribution in [0.15, 0.2) is 78.9 Å². The van der Waals surface area contributed by atoms with Crippen LogP contribution < -0.4 is 25.6 Å². The van der Waals surface area contributed by atoms with Crippen molar-refractivity contribution in [1.82, 2.24) is 0 Å². The molecule has 2 amide bonds. The second-order valence-electron chi connectivity index (χ2n) is 11.5. The molecule has 0 unspecified atom stereocenters. The molecule has 2 heterocycles. The van der Waals surface area contributed by atoms with Gasteiger partial charge in [-0.25, -0.2) is 0 Å². The molecule has 0 aliphatic carbocycles. The molecule has 6 rings (SSSR count). The number of hydrogen-bond donors (Lipinski definition) is 3. The Hall–Kier alpha value is -5.42. The third-order valence-electron chi connectivity index (χ3n) is 8.30. The van der Waals surface area contributed by atoms with Crippen LogP contribution in [0.4, 0.5) is 34.1 Å². The fraction of sp³-hybridized carbons (Fsp3) is 0.235. The second kappa shape index (κ2) is 11.9. The molecule has 11 nitrogen and oxygen atoms in total. The highest BCUT2D eigenvalue weighted by molar-refractivity contribution is 6.12. The van der Waals surface area contributed by atoms with Crippen molar-refractivity contribution in [2.75, 3.05) is 54.3 Å². The number of carbonyl (C=O) groups is 2. The Morgan fingerprint density at radius 1 is 0.911 bits per heavy atom. The first-order valence-corrected chi connectivity index (χ1v) is 14.6. The van der Waals surface area contributed by atoms with E-state index in [1.807, 2.05) is 56.3 Å². The molecule has 11 heteroatoms. The number of anilines is 5. The zero-order valence-corrected chi connectivity index (χ0v) is 25.2. The molecule has 45 heavy (non-hydrogen) atoms. The van der Waals surface area contributed by atoms with Crippen LogP contribution >= 0.6 is 0 Å². The molecule has 4 aromatic rings. The van der Waals surface area contributed by atoms with Crippen molar-refractivity contribution in [3.8, 4) is 16.9 Å². The number of hydrogen-bond acceptors (Lipinski definition) is 8. The van der Waals surface area contributed by atoms with E-state index in [1.54, 1.807) is 30.3 Å². The maximum absolute atomic E-state index is 13.5. The van der Waals surface area contributed by atoms with Crippen LogP contribution in [0.3, 0.4) is 0 Å². The molecule has 3 N–H and O–H groups in total. The van der Waals surface area contributed by atoms with Gasteiger partial charge in [-0.3, -0.25) is 19.7 Å². The number of ether oxygens (including phenoxy) is 2. The summed E-state index contributed by atoms with van der Waals surface area (Å²) in [6.07, 6.45) is 0. The highest BCUT2D eigenvalue weighted by atomic mass is 16.6. The quantitative estimate of drug-likeness (QED) is 0.164. The molecule has 1 fully saturated rings. The number of fused-ring (bicyclic) bond motifs is 2. The van der Waals surface area contributed by atoms with Crippen LogP contribution in [0.25, 0.3) is 11.1 Å². The molecule has 0 bridgehead atoms. The van der Waals surface area contributed by atoms with Gasteiger partial charge in [0.1, 0.15) is 0 Å². The third-order valence-corrected chi connectivity index (χ3v) is 8.30. The molecule has 0 aromatic heterocycles. The monoisotopic (exact) mass is 607 g/mol. The maximum Gasteiger partial charge on any atom is 0.310 e. The zero-order chi connectivity index (χ0) is 31.7. The third kappa shape index (κ3) is 5.89. The van der Waals surface area contributed by atoms with Crippen LogP contribution in [0.1, 0.15) is 29.8 Å². The predicted octanol–water partition coefficient (Wildman–Crippen LogP) is 6.33. The van der Waals surface area contributed by atoms with Gasteiger partial charge in [0.15, 0.2) is 5.75 Å². The standard InChI is InChI=1S/C34H33N5O6/c1-34(2,33(41)35-24-7-9-25(10-8-24)38-14-16-45-17-15-38)23-6-12-27-29(20-23)36-28-18-21(4-11-26(28)32(40)37-27)22-5-13-30(39(42)43)31(19-22)44-3/h4-13,18-20,36H,14-17H2,1-3H3,(H,35,41)(H,37,40). The minimum atomic E-state index is -0.907. The van der Waals surface area contributed by atoms with Crippen molar-refractivity contribution >= 4 is 45.9 Å². The van der Waals surface area contributed by atoms with Crippen LogP contribution in [-0.2, 0) is 14.9 Å². The van der Waals surface area contributed by atoms with Crippen molar-refractivity contribution < 1.29 is 24.0 Å². The fourth-order valence-corrected chi connectivity index (χ4v) is 5.51. The van der Waals surface area contributed by atoms with Crippen molar-refractivity contribution in [3.63, 3.8) is 0 Å². The molecule has 0 spiro atoms. The highest BCUT2D eigenvalue weighted by Gasteiger charge is 2.31. The summed E-state index contributed by atoms with van der Waals surface area (Å²) in [5.41, 5.74) is 5.14. The SMILES string of the molecule is COc1cc(-c2ccc3c(c2)Nc2cc(C(C)(C)C(=O)Nc4ccc(N5CCOCC5)cc4)ccc2NC3=O)ccc1[N+](=O)[O-]. The Balaban J connectivity index is 1.24. The van der Waals surface area contributed by atoms with Gasteiger partial charge in [-0.15, -0.1) is 0 Å². The van der Waals surface area contributed by atoms with Crippen LogP contribution in [0.2, 0.25) is 0 Å². The number of nitro groups is 1. The van der Waals surface area contributed by atoms with Gasteiger partial charge in [0.2, 0.25) is 5.91 Å². The van der Waals surface area contributed by atoms with E-state index in [1.165, 1.54) is 13.2 Å². The molecule has 0 radical (unpaired) electrons. The minimum Gasteiger partial charge on any atom is -0.490 e. The molecule has 1 saturated heterocycles. The Morgan fingerprint density at radius 3 is 2.33 bits per heavy atom. The summed E-state index contributed by atoms with van der Waals surface area (Å²) < 4.78 is 10.7. The maximum atomic E-state index is 13.5. The van der Waals surface area contributed by atoms with Crippen LogP contribution in [0.5, 0.6) is 5.75 Å². The molecular formula is C34H33N5O6. The molecule has 4 aromatic carbocycles. The molecule has 2 aliphatic heterocycles. The number of nitrogens with zero attached hydrogens (tertiary/aromatic N) is 2. The summed E-state index contributed by atoms with van der Waals surface area (Å²) >= 11 is 0. The summed E-state index contributed by atoms with van der Waals surface area (Å²) in [6, 6.07) is 23.2. The van der Waals surface area contributed by atoms with Crippen LogP contribution in [0, 0.1) is 10.1 Å². The Kier molecular flexibility index (Phi) is 7.86. The topological polar surface area (TPSA) is 135 Å². The lowest BCUT2D eigenvalue weighted by Gasteiger charge is -2.29. The average molecular weight is 608 g/mol. The van der Waals surface area contributed by atoms with E-state index < -0.39 is 10.3 Å². The molecule has 230 valence electrons. The Labute approximate surface area is 260 Å². The normalized spacial score (nSPS) is 14.3. The van der Waals surface area contributed by atoms with E-state index in [4.69, 9.17) is 9.47 Å². The largest absolute Gasteiger partial charge is 0.490 e.